The van der Waals surface area contributed by atoms with Gasteiger partial charge in [0.15, 0.2) is 0 Å². The van der Waals surface area contributed by atoms with Crippen LogP contribution in [0.3, 0.4) is 0 Å². The SMILES string of the molecule is Cc1ccc2c(c1)c(Br)c(-c1ccccc1)n2C(=O)OC(C)(C)C. The number of aryl methyl sites for hydroxylation is 1. The van der Waals surface area contributed by atoms with Gasteiger partial charge in [0.1, 0.15) is 5.60 Å². The van der Waals surface area contributed by atoms with Gasteiger partial charge in [0, 0.05) is 5.39 Å². The fraction of sp³-hybridized carbons (Fsp3) is 0.250. The van der Waals surface area contributed by atoms with Gasteiger partial charge in [0.05, 0.1) is 15.7 Å². The van der Waals surface area contributed by atoms with E-state index in [9.17, 15) is 4.79 Å². The predicted octanol–water partition coefficient (Wildman–Crippen LogP) is 6.16. The van der Waals surface area contributed by atoms with Gasteiger partial charge in [-0.15, -0.1) is 0 Å². The van der Waals surface area contributed by atoms with Gasteiger partial charge in [-0.05, 0) is 61.3 Å². The zero-order valence-corrected chi connectivity index (χ0v) is 15.8. The van der Waals surface area contributed by atoms with Gasteiger partial charge < -0.3 is 4.74 Å². The maximum atomic E-state index is 12.9. The molecule has 0 saturated carbocycles. The molecule has 0 N–H and O–H groups in total. The highest BCUT2D eigenvalue weighted by Gasteiger charge is 2.25. The Labute approximate surface area is 150 Å². The molecule has 0 spiro atoms. The van der Waals surface area contributed by atoms with E-state index in [0.717, 1.165) is 32.2 Å². The van der Waals surface area contributed by atoms with E-state index in [0.29, 0.717) is 0 Å². The van der Waals surface area contributed by atoms with Crippen LogP contribution in [0.15, 0.2) is 53.0 Å². The van der Waals surface area contributed by atoms with Crippen molar-refractivity contribution in [1.29, 1.82) is 0 Å². The number of fused-ring (bicyclic) bond motifs is 1. The monoisotopic (exact) mass is 385 g/mol. The van der Waals surface area contributed by atoms with Crippen molar-refractivity contribution in [3.63, 3.8) is 0 Å². The Bertz CT molecular complexity index is 905. The number of aromatic nitrogens is 1. The summed E-state index contributed by atoms with van der Waals surface area (Å²) in [6.07, 6.45) is -0.374. The first kappa shape index (κ1) is 16.8. The smallest absolute Gasteiger partial charge is 0.419 e. The number of benzene rings is 2. The highest BCUT2D eigenvalue weighted by Crippen LogP contribution is 2.38. The molecule has 0 radical (unpaired) electrons. The van der Waals surface area contributed by atoms with E-state index in [1.165, 1.54) is 0 Å². The molecular formula is C20H20BrNO2. The number of rotatable bonds is 1. The van der Waals surface area contributed by atoms with Gasteiger partial charge >= 0.3 is 6.09 Å². The second kappa shape index (κ2) is 6.10. The van der Waals surface area contributed by atoms with E-state index in [1.807, 2.05) is 70.2 Å². The zero-order valence-electron chi connectivity index (χ0n) is 14.3. The van der Waals surface area contributed by atoms with E-state index in [-0.39, 0.29) is 6.09 Å². The van der Waals surface area contributed by atoms with Gasteiger partial charge in [-0.25, -0.2) is 9.36 Å². The molecule has 0 bridgehead atoms. The third-order valence-corrected chi connectivity index (χ3v) is 4.49. The van der Waals surface area contributed by atoms with Gasteiger partial charge in [0.2, 0.25) is 0 Å². The second-order valence-electron chi connectivity index (χ2n) is 6.86. The predicted molar refractivity (Wildman–Crippen MR) is 101 cm³/mol. The van der Waals surface area contributed by atoms with Crippen molar-refractivity contribution in [2.75, 3.05) is 0 Å². The van der Waals surface area contributed by atoms with E-state index in [1.54, 1.807) is 4.57 Å². The molecular weight excluding hydrogens is 366 g/mol. The highest BCUT2D eigenvalue weighted by atomic mass is 79.9. The van der Waals surface area contributed by atoms with Gasteiger partial charge in [-0.2, -0.15) is 0 Å². The maximum absolute atomic E-state index is 12.9. The van der Waals surface area contributed by atoms with Crippen LogP contribution in [0.4, 0.5) is 4.79 Å². The summed E-state index contributed by atoms with van der Waals surface area (Å²) in [5.41, 5.74) is 3.19. The summed E-state index contributed by atoms with van der Waals surface area (Å²) in [7, 11) is 0. The van der Waals surface area contributed by atoms with Crippen molar-refractivity contribution in [2.24, 2.45) is 0 Å². The number of nitrogens with zero attached hydrogens (tertiary/aromatic N) is 1. The van der Waals surface area contributed by atoms with Crippen LogP contribution in [0.2, 0.25) is 0 Å². The molecule has 0 unspecified atom stereocenters. The van der Waals surface area contributed by atoms with Crippen LogP contribution in [-0.2, 0) is 4.74 Å². The Hall–Kier alpha value is -2.07. The van der Waals surface area contributed by atoms with Crippen LogP contribution in [0, 0.1) is 6.92 Å². The number of hydrogen-bond donors (Lipinski definition) is 0. The molecule has 0 aliphatic rings. The Kier molecular flexibility index (Phi) is 4.26. The number of halogens is 1. The molecule has 0 aliphatic heterocycles. The summed E-state index contributed by atoms with van der Waals surface area (Å²) in [6, 6.07) is 15.9. The van der Waals surface area contributed by atoms with Crippen LogP contribution in [0.1, 0.15) is 26.3 Å². The lowest BCUT2D eigenvalue weighted by molar-refractivity contribution is 0.0547. The van der Waals surface area contributed by atoms with Crippen LogP contribution in [-0.4, -0.2) is 16.3 Å². The van der Waals surface area contributed by atoms with E-state index in [4.69, 9.17) is 4.74 Å². The largest absolute Gasteiger partial charge is 0.443 e. The Morgan fingerprint density at radius 1 is 1.08 bits per heavy atom. The number of hydrogen-bond acceptors (Lipinski definition) is 2. The fourth-order valence-corrected chi connectivity index (χ4v) is 3.44. The first-order valence-corrected chi connectivity index (χ1v) is 8.66. The Balaban J connectivity index is 2.31. The summed E-state index contributed by atoms with van der Waals surface area (Å²) in [4.78, 5) is 12.9. The van der Waals surface area contributed by atoms with Crippen molar-refractivity contribution in [3.8, 4) is 11.3 Å². The molecule has 0 fully saturated rings. The molecule has 2 aromatic carbocycles. The fourth-order valence-electron chi connectivity index (χ4n) is 2.72. The second-order valence-corrected chi connectivity index (χ2v) is 7.66. The van der Waals surface area contributed by atoms with Crippen molar-refractivity contribution in [2.45, 2.75) is 33.3 Å². The van der Waals surface area contributed by atoms with Crippen LogP contribution >= 0.6 is 15.9 Å². The van der Waals surface area contributed by atoms with Crippen molar-refractivity contribution in [1.82, 2.24) is 4.57 Å². The first-order chi connectivity index (χ1) is 11.3. The van der Waals surface area contributed by atoms with E-state index < -0.39 is 5.60 Å². The summed E-state index contributed by atoms with van der Waals surface area (Å²) in [5.74, 6) is 0. The Morgan fingerprint density at radius 2 is 1.75 bits per heavy atom. The lowest BCUT2D eigenvalue weighted by atomic mass is 10.1. The number of carbonyl (C=O) groups is 1. The molecule has 1 heterocycles. The lowest BCUT2D eigenvalue weighted by Crippen LogP contribution is -2.27. The third-order valence-electron chi connectivity index (χ3n) is 3.68. The van der Waals surface area contributed by atoms with Gasteiger partial charge in [0.25, 0.3) is 0 Å². The number of ether oxygens (including phenoxy) is 1. The molecule has 3 rings (SSSR count). The molecule has 3 aromatic rings. The molecule has 24 heavy (non-hydrogen) atoms. The average Bonchev–Trinajstić information content (AvgIpc) is 2.79. The standard InChI is InChI=1S/C20H20BrNO2/c1-13-10-11-16-15(12-13)17(21)18(14-8-6-5-7-9-14)22(16)19(23)24-20(2,3)4/h5-12H,1-4H3. The minimum Gasteiger partial charge on any atom is -0.443 e. The zero-order chi connectivity index (χ0) is 17.5. The molecule has 3 nitrogen and oxygen atoms in total. The topological polar surface area (TPSA) is 31.2 Å². The van der Waals surface area contributed by atoms with Crippen molar-refractivity contribution < 1.29 is 9.53 Å². The summed E-state index contributed by atoms with van der Waals surface area (Å²) in [6.45, 7) is 7.66. The molecule has 0 atom stereocenters. The first-order valence-electron chi connectivity index (χ1n) is 7.87. The van der Waals surface area contributed by atoms with Gasteiger partial charge in [-0.1, -0.05) is 42.0 Å². The van der Waals surface area contributed by atoms with Gasteiger partial charge in [-0.3, -0.25) is 0 Å². The Morgan fingerprint density at radius 3 is 2.38 bits per heavy atom. The maximum Gasteiger partial charge on any atom is 0.419 e. The minimum absolute atomic E-state index is 0.374. The minimum atomic E-state index is -0.557. The summed E-state index contributed by atoms with van der Waals surface area (Å²) in [5, 5.41) is 1.000. The average molecular weight is 386 g/mol. The summed E-state index contributed by atoms with van der Waals surface area (Å²) < 4.78 is 8.19. The van der Waals surface area contributed by atoms with Crippen LogP contribution < -0.4 is 0 Å². The highest BCUT2D eigenvalue weighted by molar-refractivity contribution is 9.10. The van der Waals surface area contributed by atoms with Crippen LogP contribution in [0.5, 0.6) is 0 Å². The molecule has 4 heteroatoms. The molecule has 0 amide bonds. The van der Waals surface area contributed by atoms with Crippen LogP contribution in [0.25, 0.3) is 22.2 Å². The molecule has 124 valence electrons. The normalized spacial score (nSPS) is 11.7. The van der Waals surface area contributed by atoms with Crippen molar-refractivity contribution >= 4 is 32.9 Å². The quantitative estimate of drug-likeness (QED) is 0.501. The summed E-state index contributed by atoms with van der Waals surface area (Å²) >= 11 is 3.69. The third kappa shape index (κ3) is 3.11. The lowest BCUT2D eigenvalue weighted by Gasteiger charge is -2.21. The van der Waals surface area contributed by atoms with E-state index in [2.05, 4.69) is 22.0 Å². The molecule has 0 saturated heterocycles. The van der Waals surface area contributed by atoms with E-state index >= 15 is 0 Å². The number of carbonyl (C=O) groups excluding carboxylic acids is 1. The van der Waals surface area contributed by atoms with Crippen molar-refractivity contribution in [3.05, 3.63) is 58.6 Å². The molecule has 1 aromatic heterocycles. The molecule has 0 aliphatic carbocycles.